The summed E-state index contributed by atoms with van der Waals surface area (Å²) in [6, 6.07) is 8.85. The van der Waals surface area contributed by atoms with E-state index in [-0.39, 0.29) is 11.6 Å². The summed E-state index contributed by atoms with van der Waals surface area (Å²) in [5.41, 5.74) is 3.51. The molecule has 1 heterocycles. The van der Waals surface area contributed by atoms with Crippen molar-refractivity contribution in [2.45, 2.75) is 27.3 Å². The highest BCUT2D eigenvalue weighted by Gasteiger charge is 2.15. The average molecular weight is 286 g/mol. The van der Waals surface area contributed by atoms with Gasteiger partial charge >= 0.3 is 0 Å². The van der Waals surface area contributed by atoms with Crippen molar-refractivity contribution in [3.05, 3.63) is 58.7 Å². The molecule has 0 fully saturated rings. The fraction of sp³-hybridized carbons (Fsp3) is 0.294. The molecule has 2 rings (SSSR count). The number of hydrogen-bond acceptors (Lipinski definition) is 3. The highest BCUT2D eigenvalue weighted by atomic mass is 19.1. The Morgan fingerprint density at radius 1 is 1.29 bits per heavy atom. The molecule has 0 unspecified atom stereocenters. The number of ketones is 1. The maximum absolute atomic E-state index is 13.7. The Morgan fingerprint density at radius 3 is 2.62 bits per heavy atom. The average Bonchev–Trinajstić information content (AvgIpc) is 2.41. The molecule has 2 aromatic rings. The van der Waals surface area contributed by atoms with Crippen LogP contribution in [-0.2, 0) is 6.54 Å². The minimum absolute atomic E-state index is 0.145. The van der Waals surface area contributed by atoms with Gasteiger partial charge in [-0.2, -0.15) is 0 Å². The quantitative estimate of drug-likeness (QED) is 0.804. The Hall–Kier alpha value is -2.23. The van der Waals surface area contributed by atoms with Gasteiger partial charge in [-0.15, -0.1) is 0 Å². The molecule has 1 aromatic carbocycles. The Morgan fingerprint density at radius 2 is 2.00 bits per heavy atom. The van der Waals surface area contributed by atoms with Gasteiger partial charge in [0.15, 0.2) is 5.78 Å². The summed E-state index contributed by atoms with van der Waals surface area (Å²) in [4.78, 5) is 18.1. The van der Waals surface area contributed by atoms with Gasteiger partial charge in [0, 0.05) is 24.0 Å². The maximum atomic E-state index is 13.7. The van der Waals surface area contributed by atoms with Crippen molar-refractivity contribution in [1.82, 2.24) is 4.98 Å². The normalized spacial score (nSPS) is 10.5. The molecule has 0 N–H and O–H groups in total. The summed E-state index contributed by atoms with van der Waals surface area (Å²) in [5, 5.41) is 0. The van der Waals surface area contributed by atoms with Gasteiger partial charge in [-0.25, -0.2) is 4.39 Å². The largest absolute Gasteiger partial charge is 0.368 e. The van der Waals surface area contributed by atoms with Crippen LogP contribution in [0.4, 0.5) is 10.1 Å². The van der Waals surface area contributed by atoms with E-state index in [4.69, 9.17) is 0 Å². The van der Waals surface area contributed by atoms with Crippen molar-refractivity contribution in [2.75, 3.05) is 11.9 Å². The SMILES string of the molecule is CC(=O)c1cc(F)c(C)cc1N(C)Cc1cccc(C)n1. The number of nitrogens with zero attached hydrogens (tertiary/aromatic N) is 2. The first kappa shape index (κ1) is 15.2. The van der Waals surface area contributed by atoms with Gasteiger partial charge in [0.1, 0.15) is 5.82 Å². The van der Waals surface area contributed by atoms with Crippen molar-refractivity contribution >= 4 is 11.5 Å². The third-order valence-electron chi connectivity index (χ3n) is 3.41. The maximum Gasteiger partial charge on any atom is 0.161 e. The number of anilines is 1. The molecule has 21 heavy (non-hydrogen) atoms. The molecule has 3 nitrogen and oxygen atoms in total. The second kappa shape index (κ2) is 6.04. The molecule has 0 amide bonds. The molecule has 0 radical (unpaired) electrons. The number of halogens is 1. The number of aromatic nitrogens is 1. The highest BCUT2D eigenvalue weighted by molar-refractivity contribution is 5.99. The first-order valence-electron chi connectivity index (χ1n) is 6.83. The van der Waals surface area contributed by atoms with Gasteiger partial charge < -0.3 is 4.90 Å². The second-order valence-electron chi connectivity index (χ2n) is 5.30. The van der Waals surface area contributed by atoms with Crippen LogP contribution in [-0.4, -0.2) is 17.8 Å². The zero-order valence-corrected chi connectivity index (χ0v) is 12.8. The first-order chi connectivity index (χ1) is 9.88. The fourth-order valence-corrected chi connectivity index (χ4v) is 2.28. The summed E-state index contributed by atoms with van der Waals surface area (Å²) in [5.74, 6) is -0.501. The monoisotopic (exact) mass is 286 g/mol. The van der Waals surface area contributed by atoms with Crippen molar-refractivity contribution in [2.24, 2.45) is 0 Å². The lowest BCUT2D eigenvalue weighted by Crippen LogP contribution is -2.20. The Kier molecular flexibility index (Phi) is 4.36. The molecule has 4 heteroatoms. The van der Waals surface area contributed by atoms with E-state index in [9.17, 15) is 9.18 Å². The van der Waals surface area contributed by atoms with Crippen molar-refractivity contribution in [3.63, 3.8) is 0 Å². The van der Waals surface area contributed by atoms with E-state index in [2.05, 4.69) is 4.98 Å². The number of Topliss-reactive ketones (excluding diaryl/α,β-unsaturated/α-hetero) is 1. The number of carbonyl (C=O) groups excluding carboxylic acids is 1. The van der Waals surface area contributed by atoms with Gasteiger partial charge in [0.2, 0.25) is 0 Å². The van der Waals surface area contributed by atoms with E-state index in [1.165, 1.54) is 13.0 Å². The molecule has 0 spiro atoms. The van der Waals surface area contributed by atoms with Crippen LogP contribution in [0.2, 0.25) is 0 Å². The predicted molar refractivity (Wildman–Crippen MR) is 82.2 cm³/mol. The van der Waals surface area contributed by atoms with Gasteiger partial charge in [-0.05, 0) is 50.6 Å². The van der Waals surface area contributed by atoms with Crippen LogP contribution >= 0.6 is 0 Å². The molecule has 0 aliphatic rings. The van der Waals surface area contributed by atoms with Gasteiger partial charge in [-0.1, -0.05) is 6.07 Å². The number of pyridine rings is 1. The minimum Gasteiger partial charge on any atom is -0.368 e. The zero-order valence-electron chi connectivity index (χ0n) is 12.8. The van der Waals surface area contributed by atoms with Crippen LogP contribution in [0.25, 0.3) is 0 Å². The summed E-state index contributed by atoms with van der Waals surface area (Å²) in [7, 11) is 1.88. The van der Waals surface area contributed by atoms with E-state index in [0.717, 1.165) is 17.1 Å². The van der Waals surface area contributed by atoms with E-state index < -0.39 is 0 Å². The Labute approximate surface area is 124 Å². The molecule has 0 aliphatic heterocycles. The summed E-state index contributed by atoms with van der Waals surface area (Å²) < 4.78 is 13.7. The van der Waals surface area contributed by atoms with Crippen molar-refractivity contribution in [3.8, 4) is 0 Å². The number of carbonyl (C=O) groups is 1. The van der Waals surface area contributed by atoms with Crippen LogP contribution in [0.15, 0.2) is 30.3 Å². The number of rotatable bonds is 4. The molecule has 0 saturated carbocycles. The topological polar surface area (TPSA) is 33.2 Å². The minimum atomic E-state index is -0.356. The lowest BCUT2D eigenvalue weighted by Gasteiger charge is -2.22. The van der Waals surface area contributed by atoms with E-state index in [1.807, 2.05) is 37.1 Å². The van der Waals surface area contributed by atoms with E-state index >= 15 is 0 Å². The van der Waals surface area contributed by atoms with Crippen LogP contribution in [0.3, 0.4) is 0 Å². The van der Waals surface area contributed by atoms with E-state index in [1.54, 1.807) is 13.0 Å². The van der Waals surface area contributed by atoms with Crippen LogP contribution in [0.1, 0.15) is 34.2 Å². The van der Waals surface area contributed by atoms with Gasteiger partial charge in [0.25, 0.3) is 0 Å². The smallest absolute Gasteiger partial charge is 0.161 e. The molecule has 0 saturated heterocycles. The molecular formula is C17H19FN2O. The number of benzene rings is 1. The van der Waals surface area contributed by atoms with E-state index in [0.29, 0.717) is 17.7 Å². The number of hydrogen-bond donors (Lipinski definition) is 0. The van der Waals surface area contributed by atoms with Crippen LogP contribution in [0.5, 0.6) is 0 Å². The highest BCUT2D eigenvalue weighted by Crippen LogP contribution is 2.25. The van der Waals surface area contributed by atoms with Gasteiger partial charge in [0.05, 0.1) is 12.2 Å². The van der Waals surface area contributed by atoms with Crippen molar-refractivity contribution in [1.29, 1.82) is 0 Å². The Balaban J connectivity index is 2.36. The predicted octanol–water partition coefficient (Wildman–Crippen LogP) is 3.68. The fourth-order valence-electron chi connectivity index (χ4n) is 2.28. The summed E-state index contributed by atoms with van der Waals surface area (Å²) >= 11 is 0. The standard InChI is InChI=1S/C17H19FN2O/c1-11-8-17(15(13(3)21)9-16(11)18)20(4)10-14-7-5-6-12(2)19-14/h5-9H,10H2,1-4H3. The molecule has 0 aliphatic carbocycles. The summed E-state index contributed by atoms with van der Waals surface area (Å²) in [6.45, 7) is 5.65. The zero-order chi connectivity index (χ0) is 15.6. The first-order valence-corrected chi connectivity index (χ1v) is 6.83. The molecule has 0 atom stereocenters. The molecular weight excluding hydrogens is 267 g/mol. The second-order valence-corrected chi connectivity index (χ2v) is 5.30. The van der Waals surface area contributed by atoms with Crippen molar-refractivity contribution < 1.29 is 9.18 Å². The lowest BCUT2D eigenvalue weighted by molar-refractivity contribution is 0.101. The Bertz CT molecular complexity index is 682. The third kappa shape index (κ3) is 3.45. The number of aryl methyl sites for hydroxylation is 2. The summed E-state index contributed by atoms with van der Waals surface area (Å²) in [6.07, 6.45) is 0. The van der Waals surface area contributed by atoms with Gasteiger partial charge in [-0.3, -0.25) is 9.78 Å². The molecule has 110 valence electrons. The van der Waals surface area contributed by atoms with Crippen LogP contribution < -0.4 is 4.90 Å². The molecule has 1 aromatic heterocycles. The third-order valence-corrected chi connectivity index (χ3v) is 3.41. The molecule has 0 bridgehead atoms. The lowest BCUT2D eigenvalue weighted by atomic mass is 10.0. The van der Waals surface area contributed by atoms with Crippen LogP contribution in [0, 0.1) is 19.7 Å².